The van der Waals surface area contributed by atoms with E-state index in [9.17, 15) is 9.59 Å². The minimum atomic E-state index is -0.364. The highest BCUT2D eigenvalue weighted by atomic mass is 35.5. The standard InChI is InChI=1S/C20H28ClN3O3/c1-13(2)23(14(3)4)19(25)12-22-9-5-6-16(11-22)24-17-10-15(21)7-8-18(17)27-20(24)26/h7-8,10,13-14,16H,5-6,9,11-12H2,1-4H3/t16-/m0/s1. The summed E-state index contributed by atoms with van der Waals surface area (Å²) in [6.07, 6.45) is 1.81. The molecule has 3 rings (SSSR count). The van der Waals surface area contributed by atoms with E-state index < -0.39 is 0 Å². The van der Waals surface area contributed by atoms with Crippen LogP contribution in [0, 0.1) is 0 Å². The molecule has 1 aliphatic rings. The average Bonchev–Trinajstić information content (AvgIpc) is 2.89. The normalized spacial score (nSPS) is 18.6. The highest BCUT2D eigenvalue weighted by Gasteiger charge is 2.28. The summed E-state index contributed by atoms with van der Waals surface area (Å²) in [5.41, 5.74) is 1.26. The maximum absolute atomic E-state index is 12.8. The topological polar surface area (TPSA) is 58.7 Å². The molecule has 0 bridgehead atoms. The Morgan fingerprint density at radius 3 is 2.67 bits per heavy atom. The summed E-state index contributed by atoms with van der Waals surface area (Å²) in [5.74, 6) is -0.232. The van der Waals surface area contributed by atoms with Crippen molar-refractivity contribution in [2.45, 2.75) is 58.7 Å². The van der Waals surface area contributed by atoms with E-state index in [0.717, 1.165) is 24.9 Å². The Kier molecular flexibility index (Phi) is 5.96. The smallest absolute Gasteiger partial charge is 0.408 e. The van der Waals surface area contributed by atoms with Crippen molar-refractivity contribution in [2.24, 2.45) is 0 Å². The lowest BCUT2D eigenvalue weighted by Gasteiger charge is -2.36. The lowest BCUT2D eigenvalue weighted by molar-refractivity contribution is -0.136. The second-order valence-electron chi connectivity index (χ2n) is 7.87. The van der Waals surface area contributed by atoms with Crippen LogP contribution in [0.5, 0.6) is 0 Å². The number of nitrogens with zero attached hydrogens (tertiary/aromatic N) is 3. The van der Waals surface area contributed by atoms with Gasteiger partial charge >= 0.3 is 5.76 Å². The molecule has 0 unspecified atom stereocenters. The number of oxazole rings is 1. The molecule has 1 aliphatic heterocycles. The number of hydrogen-bond donors (Lipinski definition) is 0. The van der Waals surface area contributed by atoms with Crippen LogP contribution in [0.15, 0.2) is 27.4 Å². The minimum Gasteiger partial charge on any atom is -0.408 e. The molecule has 0 spiro atoms. The molecule has 2 heterocycles. The molecule has 6 nitrogen and oxygen atoms in total. The fraction of sp³-hybridized carbons (Fsp3) is 0.600. The van der Waals surface area contributed by atoms with Crippen LogP contribution < -0.4 is 5.76 Å². The predicted octanol–water partition coefficient (Wildman–Crippen LogP) is 3.53. The number of likely N-dealkylation sites (tertiary alicyclic amines) is 1. The predicted molar refractivity (Wildman–Crippen MR) is 107 cm³/mol. The third-order valence-electron chi connectivity index (χ3n) is 5.18. The number of rotatable bonds is 5. The number of fused-ring (bicyclic) bond motifs is 1. The van der Waals surface area contributed by atoms with Gasteiger partial charge in [-0.1, -0.05) is 11.6 Å². The van der Waals surface area contributed by atoms with Gasteiger partial charge in [-0.3, -0.25) is 14.3 Å². The van der Waals surface area contributed by atoms with Crippen LogP contribution in [-0.2, 0) is 4.79 Å². The first-order valence-electron chi connectivity index (χ1n) is 9.62. The molecule has 1 aromatic heterocycles. The third kappa shape index (κ3) is 4.22. The molecule has 148 valence electrons. The van der Waals surface area contributed by atoms with E-state index in [2.05, 4.69) is 4.90 Å². The molecule has 2 aromatic rings. The van der Waals surface area contributed by atoms with Gasteiger partial charge in [-0.15, -0.1) is 0 Å². The van der Waals surface area contributed by atoms with Crippen molar-refractivity contribution in [2.75, 3.05) is 19.6 Å². The summed E-state index contributed by atoms with van der Waals surface area (Å²) < 4.78 is 7.07. The number of aromatic nitrogens is 1. The Morgan fingerprint density at radius 1 is 1.30 bits per heavy atom. The second-order valence-corrected chi connectivity index (χ2v) is 8.31. The van der Waals surface area contributed by atoms with Crippen molar-refractivity contribution in [3.63, 3.8) is 0 Å². The molecular weight excluding hydrogens is 366 g/mol. The van der Waals surface area contributed by atoms with Gasteiger partial charge in [-0.2, -0.15) is 0 Å². The SMILES string of the molecule is CC(C)N(C(=O)CN1CCC[C@H](n2c(=O)oc3ccc(Cl)cc32)C1)C(C)C. The van der Waals surface area contributed by atoms with E-state index in [1.165, 1.54) is 0 Å². The first-order valence-corrected chi connectivity index (χ1v) is 10.00. The zero-order valence-corrected chi connectivity index (χ0v) is 17.2. The van der Waals surface area contributed by atoms with Crippen molar-refractivity contribution in [3.8, 4) is 0 Å². The van der Waals surface area contributed by atoms with Gasteiger partial charge in [0.1, 0.15) is 0 Å². The van der Waals surface area contributed by atoms with Gasteiger partial charge in [0.25, 0.3) is 0 Å². The van der Waals surface area contributed by atoms with Crippen molar-refractivity contribution in [1.82, 2.24) is 14.4 Å². The van der Waals surface area contributed by atoms with Crippen LogP contribution in [-0.4, -0.2) is 52.0 Å². The quantitative estimate of drug-likeness (QED) is 0.779. The minimum absolute atomic E-state index is 0.0229. The van der Waals surface area contributed by atoms with Gasteiger partial charge in [-0.25, -0.2) is 4.79 Å². The summed E-state index contributed by atoms with van der Waals surface area (Å²) in [7, 11) is 0. The number of carbonyl (C=O) groups excluding carboxylic acids is 1. The Hall–Kier alpha value is -1.79. The van der Waals surface area contributed by atoms with Crippen LogP contribution in [0.2, 0.25) is 5.02 Å². The molecule has 0 N–H and O–H groups in total. The summed E-state index contributed by atoms with van der Waals surface area (Å²) >= 11 is 6.11. The van der Waals surface area contributed by atoms with Crippen LogP contribution in [0.4, 0.5) is 0 Å². The number of amides is 1. The van der Waals surface area contributed by atoms with Gasteiger partial charge in [-0.05, 0) is 65.3 Å². The molecule has 1 saturated heterocycles. The molecular formula is C20H28ClN3O3. The Bertz CT molecular complexity index is 863. The number of hydrogen-bond acceptors (Lipinski definition) is 4. The number of carbonyl (C=O) groups is 1. The molecule has 0 saturated carbocycles. The van der Waals surface area contributed by atoms with Crippen LogP contribution in [0.3, 0.4) is 0 Å². The fourth-order valence-electron chi connectivity index (χ4n) is 4.18. The number of benzene rings is 1. The zero-order valence-electron chi connectivity index (χ0n) is 16.4. The summed E-state index contributed by atoms with van der Waals surface area (Å²) in [6, 6.07) is 5.52. The molecule has 1 amide bonds. The van der Waals surface area contributed by atoms with Gasteiger partial charge < -0.3 is 9.32 Å². The zero-order chi connectivity index (χ0) is 19.7. The van der Waals surface area contributed by atoms with E-state index in [1.807, 2.05) is 32.6 Å². The molecule has 7 heteroatoms. The van der Waals surface area contributed by atoms with Crippen molar-refractivity contribution >= 4 is 28.6 Å². The molecule has 1 atom stereocenters. The number of piperidine rings is 1. The maximum Gasteiger partial charge on any atom is 0.420 e. The highest BCUT2D eigenvalue weighted by molar-refractivity contribution is 6.31. The highest BCUT2D eigenvalue weighted by Crippen LogP contribution is 2.26. The summed E-state index contributed by atoms with van der Waals surface area (Å²) in [6.45, 7) is 10.0. The van der Waals surface area contributed by atoms with Crippen LogP contribution in [0.1, 0.15) is 46.6 Å². The Balaban J connectivity index is 1.79. The van der Waals surface area contributed by atoms with Crippen molar-refractivity contribution in [1.29, 1.82) is 0 Å². The fourth-order valence-corrected chi connectivity index (χ4v) is 4.35. The third-order valence-corrected chi connectivity index (χ3v) is 5.41. The van der Waals surface area contributed by atoms with E-state index in [0.29, 0.717) is 23.7 Å². The van der Waals surface area contributed by atoms with Gasteiger partial charge in [0.05, 0.1) is 18.1 Å². The van der Waals surface area contributed by atoms with Crippen LogP contribution in [0.25, 0.3) is 11.1 Å². The van der Waals surface area contributed by atoms with E-state index in [-0.39, 0.29) is 29.8 Å². The Labute approximate surface area is 164 Å². The molecule has 1 aromatic carbocycles. The summed E-state index contributed by atoms with van der Waals surface area (Å²) in [5, 5.41) is 0.574. The lowest BCUT2D eigenvalue weighted by atomic mass is 10.0. The van der Waals surface area contributed by atoms with Crippen molar-refractivity contribution in [3.05, 3.63) is 33.8 Å². The van der Waals surface area contributed by atoms with Gasteiger partial charge in [0.15, 0.2) is 5.58 Å². The second kappa shape index (κ2) is 8.07. The van der Waals surface area contributed by atoms with Crippen molar-refractivity contribution < 1.29 is 9.21 Å². The Morgan fingerprint density at radius 2 is 2.00 bits per heavy atom. The summed E-state index contributed by atoms with van der Waals surface area (Å²) in [4.78, 5) is 29.3. The van der Waals surface area contributed by atoms with Gasteiger partial charge in [0.2, 0.25) is 5.91 Å². The van der Waals surface area contributed by atoms with E-state index in [4.69, 9.17) is 16.0 Å². The van der Waals surface area contributed by atoms with E-state index >= 15 is 0 Å². The molecule has 0 radical (unpaired) electrons. The first-order chi connectivity index (χ1) is 12.8. The average molecular weight is 394 g/mol. The largest absolute Gasteiger partial charge is 0.420 e. The van der Waals surface area contributed by atoms with E-state index in [1.54, 1.807) is 22.8 Å². The molecule has 1 fully saturated rings. The first kappa shape index (κ1) is 20.0. The molecule has 27 heavy (non-hydrogen) atoms. The van der Waals surface area contributed by atoms with Gasteiger partial charge in [0, 0.05) is 23.7 Å². The lowest BCUT2D eigenvalue weighted by Crippen LogP contribution is -2.49. The molecule has 0 aliphatic carbocycles. The number of halogens is 1. The maximum atomic E-state index is 12.8. The van der Waals surface area contributed by atoms with Crippen LogP contribution >= 0.6 is 11.6 Å². The monoisotopic (exact) mass is 393 g/mol.